The van der Waals surface area contributed by atoms with Crippen LogP contribution in [0.25, 0.3) is 0 Å². The summed E-state index contributed by atoms with van der Waals surface area (Å²) in [6.07, 6.45) is 2.60. The van der Waals surface area contributed by atoms with Gasteiger partial charge in [0.2, 0.25) is 0 Å². The van der Waals surface area contributed by atoms with E-state index in [2.05, 4.69) is 18.7 Å². The third-order valence-corrected chi connectivity index (χ3v) is 4.55. The molecule has 0 amide bonds. The van der Waals surface area contributed by atoms with Crippen molar-refractivity contribution in [2.24, 2.45) is 0 Å². The van der Waals surface area contributed by atoms with Gasteiger partial charge in [-0.25, -0.2) is 4.98 Å². The third kappa shape index (κ3) is 2.84. The number of anilines is 1. The molecule has 1 aromatic heterocycles. The van der Waals surface area contributed by atoms with Crippen molar-refractivity contribution in [2.75, 3.05) is 25.2 Å². The molecule has 18 heavy (non-hydrogen) atoms. The van der Waals surface area contributed by atoms with E-state index in [-0.39, 0.29) is 6.10 Å². The van der Waals surface area contributed by atoms with Crippen LogP contribution in [0.2, 0.25) is 0 Å². The van der Waals surface area contributed by atoms with Gasteiger partial charge in [-0.05, 0) is 33.1 Å². The van der Waals surface area contributed by atoms with E-state index in [1.54, 1.807) is 18.4 Å². The first-order chi connectivity index (χ1) is 8.63. The highest BCUT2D eigenvalue weighted by molar-refractivity contribution is 7.15. The Hall–Kier alpha value is -0.650. The minimum atomic E-state index is -0.309. The summed E-state index contributed by atoms with van der Waals surface area (Å²) in [4.78, 5) is 8.02. The maximum atomic E-state index is 10.00. The molecule has 1 aromatic rings. The molecule has 0 radical (unpaired) electrons. The van der Waals surface area contributed by atoms with E-state index in [9.17, 15) is 5.11 Å². The average Bonchev–Trinajstić information content (AvgIpc) is 2.74. The highest BCUT2D eigenvalue weighted by Gasteiger charge is 2.25. The number of hydrogen-bond acceptors (Lipinski definition) is 5. The Kier molecular flexibility index (Phi) is 4.59. The second-order valence-electron chi connectivity index (χ2n) is 5.00. The predicted octanol–water partition coefficient (Wildman–Crippen LogP) is 2.37. The zero-order chi connectivity index (χ0) is 13.1. The van der Waals surface area contributed by atoms with E-state index < -0.39 is 0 Å². The second-order valence-corrected chi connectivity index (χ2v) is 6.00. The first-order valence-corrected chi connectivity index (χ1v) is 7.38. The molecule has 0 fully saturated rings. The minimum absolute atomic E-state index is 0.309. The SMILES string of the molecule is COCCN(c1nc2c(s1)C(O)CCC2)C(C)C. The maximum absolute atomic E-state index is 10.00. The summed E-state index contributed by atoms with van der Waals surface area (Å²) < 4.78 is 5.15. The van der Waals surface area contributed by atoms with Gasteiger partial charge >= 0.3 is 0 Å². The molecule has 1 unspecified atom stereocenters. The van der Waals surface area contributed by atoms with Crippen molar-refractivity contribution in [1.82, 2.24) is 4.98 Å². The fraction of sp³-hybridized carbons (Fsp3) is 0.769. The average molecular weight is 270 g/mol. The largest absolute Gasteiger partial charge is 0.388 e. The summed E-state index contributed by atoms with van der Waals surface area (Å²) in [6.45, 7) is 5.86. The van der Waals surface area contributed by atoms with E-state index in [1.807, 2.05) is 0 Å². The summed E-state index contributed by atoms with van der Waals surface area (Å²) in [5.41, 5.74) is 1.09. The lowest BCUT2D eigenvalue weighted by Crippen LogP contribution is -2.33. The van der Waals surface area contributed by atoms with Gasteiger partial charge in [0.25, 0.3) is 0 Å². The van der Waals surface area contributed by atoms with Gasteiger partial charge < -0.3 is 14.7 Å². The highest BCUT2D eigenvalue weighted by Crippen LogP contribution is 2.37. The number of thiazole rings is 1. The van der Waals surface area contributed by atoms with E-state index in [0.717, 1.165) is 41.5 Å². The van der Waals surface area contributed by atoms with Crippen LogP contribution in [0.3, 0.4) is 0 Å². The number of aromatic nitrogens is 1. The fourth-order valence-corrected chi connectivity index (χ4v) is 3.56. The van der Waals surface area contributed by atoms with Gasteiger partial charge in [0.1, 0.15) is 0 Å². The monoisotopic (exact) mass is 270 g/mol. The van der Waals surface area contributed by atoms with Crippen LogP contribution in [0.1, 0.15) is 43.4 Å². The molecule has 0 aliphatic heterocycles. The Bertz CT molecular complexity index is 392. The van der Waals surface area contributed by atoms with Crippen LogP contribution in [0.4, 0.5) is 5.13 Å². The van der Waals surface area contributed by atoms with E-state index in [0.29, 0.717) is 12.6 Å². The molecule has 5 heteroatoms. The molecule has 102 valence electrons. The summed E-state index contributed by atoms with van der Waals surface area (Å²) >= 11 is 1.64. The minimum Gasteiger partial charge on any atom is -0.388 e. The van der Waals surface area contributed by atoms with Crippen LogP contribution in [0.5, 0.6) is 0 Å². The number of fused-ring (bicyclic) bond motifs is 1. The van der Waals surface area contributed by atoms with E-state index in [1.165, 1.54) is 0 Å². The number of aliphatic hydroxyl groups excluding tert-OH is 1. The fourth-order valence-electron chi connectivity index (χ4n) is 2.27. The van der Waals surface area contributed by atoms with Crippen molar-refractivity contribution >= 4 is 16.5 Å². The van der Waals surface area contributed by atoms with Gasteiger partial charge in [-0.1, -0.05) is 11.3 Å². The molecule has 0 aromatic carbocycles. The first kappa shape index (κ1) is 13.8. The number of rotatable bonds is 5. The molecule has 0 bridgehead atoms. The zero-order valence-corrected chi connectivity index (χ0v) is 12.2. The van der Waals surface area contributed by atoms with Crippen molar-refractivity contribution in [3.8, 4) is 0 Å². The Morgan fingerprint density at radius 1 is 1.56 bits per heavy atom. The predicted molar refractivity (Wildman–Crippen MR) is 74.4 cm³/mol. The molecule has 0 saturated heterocycles. The smallest absolute Gasteiger partial charge is 0.186 e. The molecule has 0 saturated carbocycles. The summed E-state index contributed by atoms with van der Waals surface area (Å²) in [7, 11) is 1.72. The summed E-state index contributed by atoms with van der Waals surface area (Å²) in [5, 5.41) is 11.0. The molecule has 1 aliphatic rings. The lowest BCUT2D eigenvalue weighted by Gasteiger charge is -2.25. The molecule has 1 aliphatic carbocycles. The molecule has 2 rings (SSSR count). The van der Waals surface area contributed by atoms with Gasteiger partial charge in [0.15, 0.2) is 5.13 Å². The molecule has 4 nitrogen and oxygen atoms in total. The highest BCUT2D eigenvalue weighted by atomic mass is 32.1. The number of aliphatic hydroxyl groups is 1. The van der Waals surface area contributed by atoms with Crippen molar-refractivity contribution < 1.29 is 9.84 Å². The molecule has 1 N–H and O–H groups in total. The molecular formula is C13H22N2O2S. The van der Waals surface area contributed by atoms with Crippen LogP contribution in [0, 0.1) is 0 Å². The lowest BCUT2D eigenvalue weighted by molar-refractivity contribution is 0.160. The van der Waals surface area contributed by atoms with Crippen LogP contribution in [-0.2, 0) is 11.2 Å². The molecule has 1 heterocycles. The summed E-state index contributed by atoms with van der Waals surface area (Å²) in [5.74, 6) is 0. The van der Waals surface area contributed by atoms with Crippen LogP contribution in [0.15, 0.2) is 0 Å². The van der Waals surface area contributed by atoms with Crippen LogP contribution in [-0.4, -0.2) is 36.4 Å². The maximum Gasteiger partial charge on any atom is 0.186 e. The first-order valence-electron chi connectivity index (χ1n) is 6.56. The van der Waals surface area contributed by atoms with E-state index >= 15 is 0 Å². The van der Waals surface area contributed by atoms with Gasteiger partial charge in [-0.3, -0.25) is 0 Å². The van der Waals surface area contributed by atoms with E-state index in [4.69, 9.17) is 9.72 Å². The second kappa shape index (κ2) is 5.99. The summed E-state index contributed by atoms with van der Waals surface area (Å²) in [6, 6.07) is 0.393. The quantitative estimate of drug-likeness (QED) is 0.892. The topological polar surface area (TPSA) is 45.6 Å². The molecular weight excluding hydrogens is 248 g/mol. The number of ether oxygens (including phenoxy) is 1. The number of methoxy groups -OCH3 is 1. The normalized spacial score (nSPS) is 19.1. The van der Waals surface area contributed by atoms with Gasteiger partial charge in [0, 0.05) is 19.7 Å². The van der Waals surface area contributed by atoms with Gasteiger partial charge in [-0.2, -0.15) is 0 Å². The Morgan fingerprint density at radius 3 is 2.94 bits per heavy atom. The number of hydrogen-bond donors (Lipinski definition) is 1. The van der Waals surface area contributed by atoms with Gasteiger partial charge in [0.05, 0.1) is 23.3 Å². The van der Waals surface area contributed by atoms with Crippen LogP contribution >= 0.6 is 11.3 Å². The van der Waals surface area contributed by atoms with Crippen molar-refractivity contribution in [2.45, 2.75) is 45.3 Å². The third-order valence-electron chi connectivity index (χ3n) is 3.32. The zero-order valence-electron chi connectivity index (χ0n) is 11.3. The molecule has 0 spiro atoms. The van der Waals surface area contributed by atoms with Crippen molar-refractivity contribution in [1.29, 1.82) is 0 Å². The number of aryl methyl sites for hydroxylation is 1. The Balaban J connectivity index is 2.20. The Morgan fingerprint density at radius 2 is 2.33 bits per heavy atom. The lowest BCUT2D eigenvalue weighted by atomic mass is 10.0. The van der Waals surface area contributed by atoms with Gasteiger partial charge in [-0.15, -0.1) is 0 Å². The van der Waals surface area contributed by atoms with Crippen LogP contribution < -0.4 is 4.90 Å². The number of nitrogens with zero attached hydrogens (tertiary/aromatic N) is 2. The van der Waals surface area contributed by atoms with Crippen molar-refractivity contribution in [3.05, 3.63) is 10.6 Å². The molecule has 1 atom stereocenters. The van der Waals surface area contributed by atoms with Crippen molar-refractivity contribution in [3.63, 3.8) is 0 Å². The standard InChI is InChI=1S/C13H22N2O2S/c1-9(2)15(7-8-17-3)13-14-10-5-4-6-11(16)12(10)18-13/h9,11,16H,4-8H2,1-3H3. The Labute approximate surface area is 113 Å².